The van der Waals surface area contributed by atoms with Gasteiger partial charge >= 0.3 is 0 Å². The topological polar surface area (TPSA) is 41.6 Å². The molecule has 2 aromatic rings. The summed E-state index contributed by atoms with van der Waals surface area (Å²) in [5, 5.41) is 4.10. The number of hydrogen-bond donors (Lipinski definition) is 1. The third kappa shape index (κ3) is 5.37. The highest BCUT2D eigenvalue weighted by Gasteiger charge is 2.27. The van der Waals surface area contributed by atoms with E-state index in [1.54, 1.807) is 0 Å². The van der Waals surface area contributed by atoms with Crippen LogP contribution in [-0.2, 0) is 11.2 Å². The molecule has 1 fully saturated rings. The maximum Gasteiger partial charge on any atom is 0.260 e. The van der Waals surface area contributed by atoms with Gasteiger partial charge in [-0.15, -0.1) is 0 Å². The lowest BCUT2D eigenvalue weighted by atomic mass is 10.0. The number of carbonyl (C=O) groups is 1. The van der Waals surface area contributed by atoms with Crippen LogP contribution in [0.1, 0.15) is 16.7 Å². The standard InChI is InChI=1S/C21H22Br3ClN2O2/c1-12-18(22)13(2)20(24)21(19(12)23)29-11-17(28)27-8-7-26-10-16(27)9-14-3-5-15(25)6-4-14/h3-6,16,26H,7-11H2,1-2H3. The van der Waals surface area contributed by atoms with Gasteiger partial charge in [0.15, 0.2) is 6.61 Å². The lowest BCUT2D eigenvalue weighted by molar-refractivity contribution is -0.136. The van der Waals surface area contributed by atoms with Crippen LogP contribution in [0.5, 0.6) is 5.75 Å². The van der Waals surface area contributed by atoms with E-state index in [1.165, 1.54) is 0 Å². The van der Waals surface area contributed by atoms with Crippen molar-refractivity contribution in [3.63, 3.8) is 0 Å². The van der Waals surface area contributed by atoms with Gasteiger partial charge in [0.25, 0.3) is 5.91 Å². The lowest BCUT2D eigenvalue weighted by Crippen LogP contribution is -2.55. The summed E-state index contributed by atoms with van der Waals surface area (Å²) in [4.78, 5) is 14.9. The van der Waals surface area contributed by atoms with Gasteiger partial charge in [-0.25, -0.2) is 0 Å². The molecule has 1 aliphatic rings. The number of ether oxygens (including phenoxy) is 1. The van der Waals surface area contributed by atoms with Crippen LogP contribution in [-0.4, -0.2) is 43.1 Å². The number of nitrogens with one attached hydrogen (secondary N) is 1. The van der Waals surface area contributed by atoms with E-state index < -0.39 is 0 Å². The largest absolute Gasteiger partial charge is 0.481 e. The lowest BCUT2D eigenvalue weighted by Gasteiger charge is -2.36. The molecule has 0 aromatic heterocycles. The van der Waals surface area contributed by atoms with Crippen molar-refractivity contribution < 1.29 is 9.53 Å². The zero-order valence-electron chi connectivity index (χ0n) is 16.2. The molecule has 1 aliphatic heterocycles. The molecule has 0 radical (unpaired) electrons. The Kier molecular flexibility index (Phi) is 8.07. The summed E-state index contributed by atoms with van der Waals surface area (Å²) < 4.78 is 8.66. The molecule has 8 heteroatoms. The Labute approximate surface area is 201 Å². The average molecular weight is 610 g/mol. The Morgan fingerprint density at radius 2 is 1.76 bits per heavy atom. The molecule has 0 saturated carbocycles. The van der Waals surface area contributed by atoms with E-state index in [1.807, 2.05) is 43.0 Å². The van der Waals surface area contributed by atoms with Gasteiger partial charge in [-0.1, -0.05) is 39.7 Å². The number of hydrogen-bond acceptors (Lipinski definition) is 3. The van der Waals surface area contributed by atoms with Crippen molar-refractivity contribution in [2.45, 2.75) is 26.3 Å². The van der Waals surface area contributed by atoms with E-state index in [0.717, 1.165) is 49.6 Å². The minimum atomic E-state index is -0.0116. The molecule has 4 nitrogen and oxygen atoms in total. The molecule has 156 valence electrons. The molecule has 3 rings (SSSR count). The van der Waals surface area contributed by atoms with Crippen molar-refractivity contribution in [3.05, 3.63) is 59.4 Å². The maximum absolute atomic E-state index is 13.0. The number of carbonyl (C=O) groups excluding carboxylic acids is 1. The Balaban J connectivity index is 1.71. The second kappa shape index (κ2) is 10.1. The Morgan fingerprint density at radius 3 is 2.38 bits per heavy atom. The smallest absolute Gasteiger partial charge is 0.260 e. The van der Waals surface area contributed by atoms with E-state index in [4.69, 9.17) is 16.3 Å². The van der Waals surface area contributed by atoms with Gasteiger partial charge in [0.05, 0.1) is 8.95 Å². The van der Waals surface area contributed by atoms with Gasteiger partial charge in [-0.05, 0) is 81.0 Å². The molecule has 0 spiro atoms. The first-order valence-electron chi connectivity index (χ1n) is 9.30. The molecule has 0 bridgehead atoms. The third-order valence-corrected chi connectivity index (χ3v) is 8.46. The average Bonchev–Trinajstić information content (AvgIpc) is 2.72. The summed E-state index contributed by atoms with van der Waals surface area (Å²) in [6, 6.07) is 7.88. The molecular formula is C21H22Br3ClN2O2. The van der Waals surface area contributed by atoms with E-state index in [9.17, 15) is 4.79 Å². The van der Waals surface area contributed by atoms with Crippen LogP contribution < -0.4 is 10.1 Å². The van der Waals surface area contributed by atoms with Gasteiger partial charge in [0.2, 0.25) is 0 Å². The van der Waals surface area contributed by atoms with Crippen LogP contribution >= 0.6 is 59.4 Å². The van der Waals surface area contributed by atoms with Crippen molar-refractivity contribution in [1.29, 1.82) is 0 Å². The maximum atomic E-state index is 13.0. The second-order valence-corrected chi connectivity index (χ2v) is 9.90. The molecule has 1 N–H and O–H groups in total. The van der Waals surface area contributed by atoms with Crippen LogP contribution in [0.4, 0.5) is 0 Å². The first kappa shape index (κ1) is 23.1. The molecule has 1 saturated heterocycles. The summed E-state index contributed by atoms with van der Waals surface area (Å²) in [5.74, 6) is 0.642. The first-order valence-corrected chi connectivity index (χ1v) is 12.1. The molecule has 0 aliphatic carbocycles. The van der Waals surface area contributed by atoms with Gasteiger partial charge in [-0.3, -0.25) is 4.79 Å². The fourth-order valence-electron chi connectivity index (χ4n) is 3.42. The van der Waals surface area contributed by atoms with Crippen LogP contribution in [0.2, 0.25) is 5.02 Å². The van der Waals surface area contributed by atoms with Gasteiger partial charge in [0, 0.05) is 35.2 Å². The van der Waals surface area contributed by atoms with Crippen molar-refractivity contribution in [1.82, 2.24) is 10.2 Å². The Hall–Kier alpha value is -0.600. The van der Waals surface area contributed by atoms with Crippen LogP contribution in [0.25, 0.3) is 0 Å². The van der Waals surface area contributed by atoms with E-state index in [-0.39, 0.29) is 18.6 Å². The van der Waals surface area contributed by atoms with Crippen molar-refractivity contribution in [2.24, 2.45) is 0 Å². The van der Waals surface area contributed by atoms with Gasteiger partial charge in [-0.2, -0.15) is 0 Å². The summed E-state index contributed by atoms with van der Waals surface area (Å²) in [5.41, 5.74) is 3.23. The monoisotopic (exact) mass is 606 g/mol. The summed E-state index contributed by atoms with van der Waals surface area (Å²) in [7, 11) is 0. The molecule has 2 aromatic carbocycles. The molecule has 1 heterocycles. The number of amides is 1. The molecule has 29 heavy (non-hydrogen) atoms. The van der Waals surface area contributed by atoms with E-state index in [0.29, 0.717) is 17.3 Å². The fourth-order valence-corrected chi connectivity index (χ4v) is 5.76. The predicted octanol–water partition coefficient (Wildman–Crippen LogP) is 5.67. The number of benzene rings is 2. The van der Waals surface area contributed by atoms with E-state index >= 15 is 0 Å². The Morgan fingerprint density at radius 1 is 1.14 bits per heavy atom. The van der Waals surface area contributed by atoms with Gasteiger partial charge in [0.1, 0.15) is 5.75 Å². The quantitative estimate of drug-likeness (QED) is 0.476. The minimum Gasteiger partial charge on any atom is -0.481 e. The van der Waals surface area contributed by atoms with Crippen LogP contribution in [0, 0.1) is 13.8 Å². The fraction of sp³-hybridized carbons (Fsp3) is 0.381. The zero-order valence-corrected chi connectivity index (χ0v) is 21.7. The zero-order chi connectivity index (χ0) is 21.1. The summed E-state index contributed by atoms with van der Waals surface area (Å²) >= 11 is 16.8. The predicted molar refractivity (Wildman–Crippen MR) is 128 cm³/mol. The van der Waals surface area contributed by atoms with Crippen LogP contribution in [0.15, 0.2) is 37.7 Å². The first-order chi connectivity index (χ1) is 13.8. The highest BCUT2D eigenvalue weighted by molar-refractivity contribution is 9.11. The number of rotatable bonds is 5. The SMILES string of the molecule is Cc1c(Br)c(C)c(Br)c(OCC(=O)N2CCNCC2Cc2ccc(Cl)cc2)c1Br. The van der Waals surface area contributed by atoms with Crippen molar-refractivity contribution in [3.8, 4) is 5.75 Å². The summed E-state index contributed by atoms with van der Waals surface area (Å²) in [6.07, 6.45) is 0.778. The van der Waals surface area contributed by atoms with E-state index in [2.05, 4.69) is 53.1 Å². The highest BCUT2D eigenvalue weighted by Crippen LogP contribution is 2.43. The molecule has 1 atom stereocenters. The molecule has 1 unspecified atom stereocenters. The number of nitrogens with zero attached hydrogens (tertiary/aromatic N) is 1. The number of piperazine rings is 1. The normalized spacial score (nSPS) is 16.8. The second-order valence-electron chi connectivity index (χ2n) is 7.09. The summed E-state index contributed by atoms with van der Waals surface area (Å²) in [6.45, 7) is 6.21. The number of halogens is 4. The van der Waals surface area contributed by atoms with Crippen molar-refractivity contribution in [2.75, 3.05) is 26.2 Å². The van der Waals surface area contributed by atoms with Crippen LogP contribution in [0.3, 0.4) is 0 Å². The van der Waals surface area contributed by atoms with Gasteiger partial charge < -0.3 is 15.0 Å². The third-order valence-electron chi connectivity index (χ3n) is 5.11. The molecular weight excluding hydrogens is 587 g/mol. The molecule has 1 amide bonds. The Bertz CT molecular complexity index is 877. The van der Waals surface area contributed by atoms with Crippen molar-refractivity contribution >= 4 is 65.3 Å². The highest BCUT2D eigenvalue weighted by atomic mass is 79.9. The minimum absolute atomic E-state index is 0.00513.